The van der Waals surface area contributed by atoms with E-state index in [2.05, 4.69) is 55.6 Å². The maximum absolute atomic E-state index is 12.4. The lowest BCUT2D eigenvalue weighted by atomic mass is 10.0. The Bertz CT molecular complexity index is 1110. The van der Waals surface area contributed by atoms with E-state index in [9.17, 15) is 19.8 Å². The molecule has 6 heteroatoms. The molecule has 0 radical (unpaired) electrons. The van der Waals surface area contributed by atoms with E-state index in [0.717, 1.165) is 57.8 Å². The Kier molecular flexibility index (Phi) is 53.6. The van der Waals surface area contributed by atoms with Gasteiger partial charge in [0.1, 0.15) is 0 Å². The molecule has 6 nitrogen and oxygen atoms in total. The van der Waals surface area contributed by atoms with Crippen LogP contribution in [0.15, 0.2) is 48.6 Å². The third-order valence-corrected chi connectivity index (χ3v) is 13.1. The summed E-state index contributed by atoms with van der Waals surface area (Å²) in [5.41, 5.74) is 0. The molecule has 3 N–H and O–H groups in total. The summed E-state index contributed by atoms with van der Waals surface area (Å²) >= 11 is 0. The molecule has 0 aliphatic rings. The first-order chi connectivity index (χ1) is 32.5. The van der Waals surface area contributed by atoms with E-state index < -0.39 is 12.1 Å². The number of esters is 1. The second kappa shape index (κ2) is 55.4. The summed E-state index contributed by atoms with van der Waals surface area (Å²) in [7, 11) is 0. The van der Waals surface area contributed by atoms with Crippen molar-refractivity contribution in [2.45, 2.75) is 309 Å². The van der Waals surface area contributed by atoms with E-state index in [-0.39, 0.29) is 18.5 Å². The van der Waals surface area contributed by atoms with Crippen molar-refractivity contribution >= 4 is 11.9 Å². The van der Waals surface area contributed by atoms with Crippen LogP contribution < -0.4 is 5.32 Å². The van der Waals surface area contributed by atoms with Crippen LogP contribution >= 0.6 is 0 Å². The second-order valence-electron chi connectivity index (χ2n) is 19.6. The fourth-order valence-corrected chi connectivity index (χ4v) is 8.60. The zero-order chi connectivity index (χ0) is 47.9. The van der Waals surface area contributed by atoms with Crippen molar-refractivity contribution in [1.29, 1.82) is 0 Å². The quantitative estimate of drug-likeness (QED) is 0.0321. The second-order valence-corrected chi connectivity index (χ2v) is 19.6. The third kappa shape index (κ3) is 51.2. The van der Waals surface area contributed by atoms with Gasteiger partial charge in [0, 0.05) is 12.8 Å². The molecule has 0 aliphatic heterocycles. The van der Waals surface area contributed by atoms with Gasteiger partial charge < -0.3 is 20.3 Å². The average Bonchev–Trinajstić information content (AvgIpc) is 3.32. The van der Waals surface area contributed by atoms with Crippen LogP contribution in [0.4, 0.5) is 0 Å². The Morgan fingerprint density at radius 2 is 0.758 bits per heavy atom. The minimum atomic E-state index is -0.848. The molecule has 0 saturated carbocycles. The number of rotatable bonds is 53. The molecule has 0 aliphatic carbocycles. The van der Waals surface area contributed by atoms with Gasteiger partial charge in [-0.25, -0.2) is 0 Å². The number of nitrogens with one attached hydrogen (secondary N) is 1. The number of amides is 1. The highest BCUT2D eigenvalue weighted by Crippen LogP contribution is 2.15. The van der Waals surface area contributed by atoms with E-state index in [1.165, 1.54) is 212 Å². The van der Waals surface area contributed by atoms with Crippen LogP contribution in [0.2, 0.25) is 0 Å². The maximum Gasteiger partial charge on any atom is 0.305 e. The lowest BCUT2D eigenvalue weighted by Gasteiger charge is -2.20. The van der Waals surface area contributed by atoms with E-state index in [0.29, 0.717) is 19.4 Å². The molecular formula is C60H111NO5. The fourth-order valence-electron chi connectivity index (χ4n) is 8.60. The van der Waals surface area contributed by atoms with Gasteiger partial charge in [-0.05, 0) is 89.9 Å². The van der Waals surface area contributed by atoms with Crippen molar-refractivity contribution in [1.82, 2.24) is 5.32 Å². The Morgan fingerprint density at radius 1 is 0.424 bits per heavy atom. The van der Waals surface area contributed by atoms with Crippen LogP contribution in [0.5, 0.6) is 0 Å². The SMILES string of the molecule is CCCCCC/C=C\C/C=C\CCCCCCCCCC(=O)OCCCCCCCCCCCC/C=C\CCCCCCCCCC(=O)NC(CO)C(O)/C=C/CCCCCCCCCC. The lowest BCUT2D eigenvalue weighted by molar-refractivity contribution is -0.143. The van der Waals surface area contributed by atoms with Gasteiger partial charge in [0.25, 0.3) is 0 Å². The maximum atomic E-state index is 12.4. The predicted octanol–water partition coefficient (Wildman–Crippen LogP) is 17.8. The van der Waals surface area contributed by atoms with Crippen molar-refractivity contribution in [2.75, 3.05) is 13.2 Å². The van der Waals surface area contributed by atoms with Crippen LogP contribution in [-0.4, -0.2) is 47.4 Å². The number of ether oxygens (including phenoxy) is 1. The zero-order valence-corrected chi connectivity index (χ0v) is 43.9. The Balaban J connectivity index is 3.42. The monoisotopic (exact) mass is 926 g/mol. The first kappa shape index (κ1) is 63.8. The summed E-state index contributed by atoms with van der Waals surface area (Å²) in [4.78, 5) is 24.5. The molecule has 0 rings (SSSR count). The number of unbranched alkanes of at least 4 members (excludes halogenated alkanes) is 36. The molecule has 0 aromatic rings. The van der Waals surface area contributed by atoms with Crippen LogP contribution in [0, 0.1) is 0 Å². The van der Waals surface area contributed by atoms with Crippen molar-refractivity contribution < 1.29 is 24.5 Å². The van der Waals surface area contributed by atoms with Gasteiger partial charge in [0.15, 0.2) is 0 Å². The van der Waals surface area contributed by atoms with Gasteiger partial charge in [0.05, 0.1) is 25.4 Å². The highest BCUT2D eigenvalue weighted by molar-refractivity contribution is 5.76. The van der Waals surface area contributed by atoms with Crippen LogP contribution in [0.1, 0.15) is 296 Å². The minimum absolute atomic E-state index is 0.000470. The van der Waals surface area contributed by atoms with Crippen molar-refractivity contribution in [3.05, 3.63) is 48.6 Å². The Labute approximate surface area is 410 Å². The number of aliphatic hydroxyl groups excluding tert-OH is 2. The van der Waals surface area contributed by atoms with Crippen molar-refractivity contribution in [3.8, 4) is 0 Å². The molecule has 0 aromatic carbocycles. The van der Waals surface area contributed by atoms with Gasteiger partial charge >= 0.3 is 5.97 Å². The van der Waals surface area contributed by atoms with E-state index in [1.807, 2.05) is 6.08 Å². The summed E-state index contributed by atoms with van der Waals surface area (Å²) in [5.74, 6) is -0.0790. The van der Waals surface area contributed by atoms with E-state index in [1.54, 1.807) is 6.08 Å². The molecule has 66 heavy (non-hydrogen) atoms. The fraction of sp³-hybridized carbons (Fsp3) is 0.833. The van der Waals surface area contributed by atoms with Gasteiger partial charge in [-0.15, -0.1) is 0 Å². The molecule has 2 atom stereocenters. The number of carbonyl (C=O) groups is 2. The molecule has 2 unspecified atom stereocenters. The standard InChI is InChI=1S/C60H111NO5/c1-3-5-7-9-11-13-15-16-17-18-25-28-31-34-38-42-46-50-54-60(65)66-55-51-47-43-39-35-32-29-26-23-21-19-20-22-24-27-30-33-37-41-45-49-53-59(64)61-57(56-62)58(63)52-48-44-40-36-14-12-10-8-6-4-2/h13,15,17-18,20,22,48,52,57-58,62-63H,3-12,14,16,19,21,23-47,49-51,53-56H2,1-2H3,(H,61,64)/b15-13-,18-17-,22-20-,52-48+. The molecular weight excluding hydrogens is 815 g/mol. The summed E-state index contributed by atoms with van der Waals surface area (Å²) in [6.07, 6.45) is 70.0. The largest absolute Gasteiger partial charge is 0.466 e. The summed E-state index contributed by atoms with van der Waals surface area (Å²) in [6, 6.07) is -0.632. The molecule has 0 saturated heterocycles. The van der Waals surface area contributed by atoms with Gasteiger partial charge in [0.2, 0.25) is 5.91 Å². The summed E-state index contributed by atoms with van der Waals surface area (Å²) in [6.45, 7) is 4.85. The van der Waals surface area contributed by atoms with E-state index >= 15 is 0 Å². The molecule has 1 amide bonds. The van der Waals surface area contributed by atoms with Crippen LogP contribution in [0.25, 0.3) is 0 Å². The average molecular weight is 927 g/mol. The minimum Gasteiger partial charge on any atom is -0.466 e. The summed E-state index contributed by atoms with van der Waals surface area (Å²) < 4.78 is 5.48. The van der Waals surface area contributed by atoms with Crippen molar-refractivity contribution in [2.24, 2.45) is 0 Å². The highest BCUT2D eigenvalue weighted by Gasteiger charge is 2.18. The van der Waals surface area contributed by atoms with Crippen LogP contribution in [-0.2, 0) is 14.3 Å². The number of hydrogen-bond donors (Lipinski definition) is 3. The van der Waals surface area contributed by atoms with Gasteiger partial charge in [-0.1, -0.05) is 242 Å². The molecule has 386 valence electrons. The number of hydrogen-bond acceptors (Lipinski definition) is 5. The first-order valence-electron chi connectivity index (χ1n) is 28.9. The van der Waals surface area contributed by atoms with E-state index in [4.69, 9.17) is 4.74 Å². The first-order valence-corrected chi connectivity index (χ1v) is 28.9. The highest BCUT2D eigenvalue weighted by atomic mass is 16.5. The zero-order valence-electron chi connectivity index (χ0n) is 43.9. The normalized spacial score (nSPS) is 13.0. The third-order valence-electron chi connectivity index (χ3n) is 13.1. The van der Waals surface area contributed by atoms with Crippen molar-refractivity contribution in [3.63, 3.8) is 0 Å². The Hall–Kier alpha value is -2.18. The Morgan fingerprint density at radius 3 is 1.18 bits per heavy atom. The predicted molar refractivity (Wildman–Crippen MR) is 287 cm³/mol. The number of allylic oxidation sites excluding steroid dienone is 7. The van der Waals surface area contributed by atoms with Gasteiger partial charge in [-0.3, -0.25) is 9.59 Å². The molecule has 0 aromatic heterocycles. The molecule has 0 heterocycles. The number of carbonyl (C=O) groups excluding carboxylic acids is 2. The lowest BCUT2D eigenvalue weighted by Crippen LogP contribution is -2.45. The molecule has 0 spiro atoms. The van der Waals surface area contributed by atoms with Gasteiger partial charge in [-0.2, -0.15) is 0 Å². The summed E-state index contributed by atoms with van der Waals surface area (Å²) in [5, 5.41) is 23.0. The molecule has 0 fully saturated rings. The smallest absolute Gasteiger partial charge is 0.305 e. The van der Waals surface area contributed by atoms with Crippen LogP contribution in [0.3, 0.4) is 0 Å². The number of aliphatic hydroxyl groups is 2. The molecule has 0 bridgehead atoms. The topological polar surface area (TPSA) is 95.9 Å².